The smallest absolute Gasteiger partial charge is 0.252 e. The zero-order valence-electron chi connectivity index (χ0n) is 14.7. The van der Waals surface area contributed by atoms with Crippen LogP contribution < -0.4 is 10.6 Å². The van der Waals surface area contributed by atoms with Crippen molar-refractivity contribution in [2.45, 2.75) is 38.0 Å². The fourth-order valence-corrected chi connectivity index (χ4v) is 4.32. The van der Waals surface area contributed by atoms with Crippen molar-refractivity contribution < 1.29 is 18.0 Å². The van der Waals surface area contributed by atoms with Crippen LogP contribution in [0.3, 0.4) is 0 Å². The van der Waals surface area contributed by atoms with Gasteiger partial charge in [0.2, 0.25) is 15.9 Å². The number of aryl methyl sites for hydroxylation is 1. The third-order valence-corrected chi connectivity index (χ3v) is 6.08. The molecule has 7 nitrogen and oxygen atoms in total. The van der Waals surface area contributed by atoms with Crippen LogP contribution in [0.2, 0.25) is 0 Å². The Balaban J connectivity index is 2.19. The second kappa shape index (κ2) is 8.44. The molecule has 1 aliphatic rings. The second-order valence-corrected chi connectivity index (χ2v) is 8.02. The number of nitrogens with one attached hydrogen (secondary N) is 2. The number of amides is 2. The Kier molecular flexibility index (Phi) is 6.55. The van der Waals surface area contributed by atoms with E-state index in [0.29, 0.717) is 25.2 Å². The third kappa shape index (κ3) is 4.79. The molecule has 8 heteroatoms. The van der Waals surface area contributed by atoms with E-state index in [4.69, 9.17) is 0 Å². The molecule has 2 amide bonds. The minimum absolute atomic E-state index is 0.114. The highest BCUT2D eigenvalue weighted by molar-refractivity contribution is 7.89. The molecule has 0 unspecified atom stereocenters. The monoisotopic (exact) mass is 367 g/mol. The fraction of sp³-hybridized carbons (Fsp3) is 0.529. The van der Waals surface area contributed by atoms with Crippen molar-refractivity contribution in [3.63, 3.8) is 0 Å². The summed E-state index contributed by atoms with van der Waals surface area (Å²) in [5.74, 6) is -0.745. The van der Waals surface area contributed by atoms with E-state index in [2.05, 4.69) is 10.6 Å². The van der Waals surface area contributed by atoms with Crippen molar-refractivity contribution in [1.29, 1.82) is 0 Å². The summed E-state index contributed by atoms with van der Waals surface area (Å²) in [6.07, 6.45) is 2.74. The van der Waals surface area contributed by atoms with Gasteiger partial charge in [0.1, 0.15) is 0 Å². The Labute approximate surface area is 148 Å². The number of carbonyl (C=O) groups is 2. The second-order valence-electron chi connectivity index (χ2n) is 6.08. The predicted molar refractivity (Wildman–Crippen MR) is 94.8 cm³/mol. The van der Waals surface area contributed by atoms with E-state index in [9.17, 15) is 18.0 Å². The average Bonchev–Trinajstić information content (AvgIpc) is 2.61. The number of benzene rings is 1. The number of nitrogens with zero attached hydrogens (tertiary/aromatic N) is 1. The lowest BCUT2D eigenvalue weighted by molar-refractivity contribution is -0.120. The van der Waals surface area contributed by atoms with Crippen molar-refractivity contribution in [2.75, 3.05) is 26.2 Å². The molecule has 2 N–H and O–H groups in total. The zero-order valence-corrected chi connectivity index (χ0v) is 15.5. The first-order valence-electron chi connectivity index (χ1n) is 8.52. The molecule has 138 valence electrons. The molecule has 1 fully saturated rings. The summed E-state index contributed by atoms with van der Waals surface area (Å²) in [6, 6.07) is 4.55. The normalized spacial score (nSPS) is 15.6. The van der Waals surface area contributed by atoms with Gasteiger partial charge < -0.3 is 10.6 Å². The molecule has 0 aliphatic carbocycles. The molecule has 25 heavy (non-hydrogen) atoms. The number of hydrogen-bond acceptors (Lipinski definition) is 4. The number of carbonyl (C=O) groups excluding carboxylic acids is 2. The molecule has 0 bridgehead atoms. The SMILES string of the molecule is CCNC(=O)CNC(=O)c1cc(S(=O)(=O)N2CCCCC2)ccc1C. The molecule has 1 aliphatic heterocycles. The van der Waals surface area contributed by atoms with Gasteiger partial charge in [0.15, 0.2) is 0 Å². The van der Waals surface area contributed by atoms with Crippen LogP contribution in [0.15, 0.2) is 23.1 Å². The van der Waals surface area contributed by atoms with Gasteiger partial charge in [0, 0.05) is 25.2 Å². The lowest BCUT2D eigenvalue weighted by atomic mass is 10.1. The number of likely N-dealkylation sites (N-methyl/N-ethyl adjacent to an activating group) is 1. The van der Waals surface area contributed by atoms with Crippen molar-refractivity contribution in [3.05, 3.63) is 29.3 Å². The molecular weight excluding hydrogens is 342 g/mol. The molecule has 1 heterocycles. The van der Waals surface area contributed by atoms with Gasteiger partial charge in [0.05, 0.1) is 11.4 Å². The van der Waals surface area contributed by atoms with E-state index in [1.54, 1.807) is 19.9 Å². The summed E-state index contributed by atoms with van der Waals surface area (Å²) in [4.78, 5) is 23.9. The molecule has 1 aromatic rings. The van der Waals surface area contributed by atoms with Crippen molar-refractivity contribution in [3.8, 4) is 0 Å². The van der Waals surface area contributed by atoms with Crippen LogP contribution in [0.25, 0.3) is 0 Å². The molecule has 0 atom stereocenters. The van der Waals surface area contributed by atoms with Crippen LogP contribution in [0.4, 0.5) is 0 Å². The molecule has 1 aromatic carbocycles. The predicted octanol–water partition coefficient (Wildman–Crippen LogP) is 1.04. The highest BCUT2D eigenvalue weighted by Crippen LogP contribution is 2.22. The minimum Gasteiger partial charge on any atom is -0.355 e. The number of piperidine rings is 1. The summed E-state index contributed by atoms with van der Waals surface area (Å²) in [5, 5.41) is 5.11. The average molecular weight is 367 g/mol. The van der Waals surface area contributed by atoms with Crippen LogP contribution in [0, 0.1) is 6.92 Å². The zero-order chi connectivity index (χ0) is 18.4. The molecule has 1 saturated heterocycles. The van der Waals surface area contributed by atoms with Crippen LogP contribution in [-0.2, 0) is 14.8 Å². The molecule has 0 radical (unpaired) electrons. The van der Waals surface area contributed by atoms with Gasteiger partial charge in [-0.15, -0.1) is 0 Å². The maximum absolute atomic E-state index is 12.8. The van der Waals surface area contributed by atoms with Gasteiger partial charge in [0.25, 0.3) is 5.91 Å². The van der Waals surface area contributed by atoms with Crippen molar-refractivity contribution in [2.24, 2.45) is 0 Å². The van der Waals surface area contributed by atoms with Gasteiger partial charge in [-0.25, -0.2) is 8.42 Å². The number of rotatable bonds is 6. The highest BCUT2D eigenvalue weighted by atomic mass is 32.2. The van der Waals surface area contributed by atoms with Gasteiger partial charge in [-0.05, 0) is 44.4 Å². The van der Waals surface area contributed by atoms with E-state index >= 15 is 0 Å². The topological polar surface area (TPSA) is 95.6 Å². The highest BCUT2D eigenvalue weighted by Gasteiger charge is 2.27. The Morgan fingerprint density at radius 1 is 1.12 bits per heavy atom. The van der Waals surface area contributed by atoms with Crippen LogP contribution in [0.5, 0.6) is 0 Å². The summed E-state index contributed by atoms with van der Waals surface area (Å²) >= 11 is 0. The molecule has 0 saturated carbocycles. The standard InChI is InChI=1S/C17H25N3O4S/c1-3-18-16(21)12-19-17(22)15-11-14(8-7-13(15)2)25(23,24)20-9-5-4-6-10-20/h7-8,11H,3-6,9-10,12H2,1-2H3,(H,18,21)(H,19,22). The van der Waals surface area contributed by atoms with Crippen molar-refractivity contribution >= 4 is 21.8 Å². The van der Waals surface area contributed by atoms with Crippen molar-refractivity contribution in [1.82, 2.24) is 14.9 Å². The van der Waals surface area contributed by atoms with Gasteiger partial charge in [-0.3, -0.25) is 9.59 Å². The maximum Gasteiger partial charge on any atom is 0.252 e. The summed E-state index contributed by atoms with van der Waals surface area (Å²) in [7, 11) is -3.60. The molecule has 2 rings (SSSR count). The van der Waals surface area contributed by atoms with Gasteiger partial charge >= 0.3 is 0 Å². The van der Waals surface area contributed by atoms with E-state index < -0.39 is 15.9 Å². The number of hydrogen-bond donors (Lipinski definition) is 2. The Hall–Kier alpha value is -1.93. The Morgan fingerprint density at radius 3 is 2.44 bits per heavy atom. The third-order valence-electron chi connectivity index (χ3n) is 4.19. The quantitative estimate of drug-likeness (QED) is 0.785. The Bertz CT molecular complexity index is 740. The van der Waals surface area contributed by atoms with Gasteiger partial charge in [-0.2, -0.15) is 4.31 Å². The van der Waals surface area contributed by atoms with Gasteiger partial charge in [-0.1, -0.05) is 12.5 Å². The summed E-state index contributed by atoms with van der Waals surface area (Å²) in [6.45, 7) is 4.88. The van der Waals surface area contributed by atoms with E-state index in [0.717, 1.165) is 19.3 Å². The largest absolute Gasteiger partial charge is 0.355 e. The molecular formula is C17H25N3O4S. The first kappa shape index (κ1) is 19.4. The van der Waals surface area contributed by atoms with Crippen LogP contribution in [-0.4, -0.2) is 50.7 Å². The van der Waals surface area contributed by atoms with Crippen LogP contribution >= 0.6 is 0 Å². The fourth-order valence-electron chi connectivity index (χ4n) is 2.78. The minimum atomic E-state index is -3.60. The van der Waals surface area contributed by atoms with E-state index in [1.807, 2.05) is 0 Å². The first-order valence-corrected chi connectivity index (χ1v) is 9.96. The summed E-state index contributed by atoms with van der Waals surface area (Å²) in [5.41, 5.74) is 0.924. The maximum atomic E-state index is 12.8. The Morgan fingerprint density at radius 2 is 1.80 bits per heavy atom. The molecule has 0 aromatic heterocycles. The van der Waals surface area contributed by atoms with E-state index in [-0.39, 0.29) is 22.9 Å². The van der Waals surface area contributed by atoms with Crippen LogP contribution in [0.1, 0.15) is 42.1 Å². The van der Waals surface area contributed by atoms with E-state index in [1.165, 1.54) is 16.4 Å². The first-order chi connectivity index (χ1) is 11.9. The molecule has 0 spiro atoms. The number of sulfonamides is 1. The lowest BCUT2D eigenvalue weighted by Crippen LogP contribution is -2.37. The summed E-state index contributed by atoms with van der Waals surface area (Å²) < 4.78 is 27.0. The lowest BCUT2D eigenvalue weighted by Gasteiger charge is -2.26.